The second-order valence-corrected chi connectivity index (χ2v) is 13.1. The fourth-order valence-corrected chi connectivity index (χ4v) is 7.84. The molecule has 7 aromatic carbocycles. The summed E-state index contributed by atoms with van der Waals surface area (Å²) >= 11 is 0. The van der Waals surface area contributed by atoms with Gasteiger partial charge in [0.25, 0.3) is 0 Å². The first-order chi connectivity index (χ1) is 25.8. The maximum absolute atomic E-state index is 5.19. The van der Waals surface area contributed by atoms with Crippen molar-refractivity contribution in [1.82, 2.24) is 28.9 Å². The Morgan fingerprint density at radius 2 is 0.942 bits per heavy atom. The van der Waals surface area contributed by atoms with E-state index in [0.717, 1.165) is 61.0 Å². The van der Waals surface area contributed by atoms with E-state index in [1.54, 1.807) is 0 Å². The monoisotopic (exact) mass is 664 g/mol. The maximum Gasteiger partial charge on any atom is 0.164 e. The van der Waals surface area contributed by atoms with E-state index in [2.05, 4.69) is 118 Å². The lowest BCUT2D eigenvalue weighted by Crippen LogP contribution is -2.01. The van der Waals surface area contributed by atoms with Crippen molar-refractivity contribution in [1.29, 1.82) is 0 Å². The summed E-state index contributed by atoms with van der Waals surface area (Å²) in [6, 6.07) is 59.0. The summed E-state index contributed by atoms with van der Waals surface area (Å²) in [5, 5.41) is 5.90. The summed E-state index contributed by atoms with van der Waals surface area (Å²) < 4.78 is 4.73. The van der Waals surface area contributed by atoms with E-state index in [1.807, 2.05) is 60.7 Å². The number of pyridine rings is 1. The molecule has 0 atom stereocenters. The van der Waals surface area contributed by atoms with E-state index >= 15 is 0 Å². The number of nitrogens with zero attached hydrogens (tertiary/aromatic N) is 6. The minimum Gasteiger partial charge on any atom is -0.309 e. The van der Waals surface area contributed by atoms with Crippen molar-refractivity contribution in [2.45, 2.75) is 0 Å². The molecule has 0 aliphatic rings. The molecule has 6 nitrogen and oxygen atoms in total. The average molecular weight is 665 g/mol. The summed E-state index contributed by atoms with van der Waals surface area (Å²) in [4.78, 5) is 20.2. The molecule has 52 heavy (non-hydrogen) atoms. The van der Waals surface area contributed by atoms with Gasteiger partial charge in [0.15, 0.2) is 17.5 Å². The van der Waals surface area contributed by atoms with E-state index in [-0.39, 0.29) is 0 Å². The lowest BCUT2D eigenvalue weighted by molar-refractivity contribution is 1.07. The zero-order valence-corrected chi connectivity index (χ0v) is 27.8. The minimum atomic E-state index is 0.624. The second-order valence-electron chi connectivity index (χ2n) is 13.1. The molecule has 4 aromatic heterocycles. The van der Waals surface area contributed by atoms with Gasteiger partial charge in [-0.25, -0.2) is 19.9 Å². The molecule has 6 heteroatoms. The number of benzene rings is 7. The third-order valence-corrected chi connectivity index (χ3v) is 10.1. The van der Waals surface area contributed by atoms with E-state index in [9.17, 15) is 0 Å². The normalized spacial score (nSPS) is 11.8. The lowest BCUT2D eigenvalue weighted by Gasteiger charge is -2.13. The van der Waals surface area contributed by atoms with Crippen LogP contribution in [0.25, 0.3) is 100 Å². The van der Waals surface area contributed by atoms with Gasteiger partial charge in [-0.2, -0.15) is 0 Å². The van der Waals surface area contributed by atoms with Crippen molar-refractivity contribution in [3.05, 3.63) is 170 Å². The van der Waals surface area contributed by atoms with Gasteiger partial charge in [-0.1, -0.05) is 133 Å². The molecular weight excluding hydrogens is 637 g/mol. The van der Waals surface area contributed by atoms with E-state index < -0.39 is 0 Å². The number of imidazole rings is 1. The first-order valence-corrected chi connectivity index (χ1v) is 17.4. The van der Waals surface area contributed by atoms with E-state index in [0.29, 0.717) is 17.5 Å². The Hall–Kier alpha value is -7.18. The summed E-state index contributed by atoms with van der Waals surface area (Å²) in [5.74, 6) is 1.91. The molecule has 0 bridgehead atoms. The highest BCUT2D eigenvalue weighted by Gasteiger charge is 2.21. The standard InChI is InChI=1S/C46H28N6/c1-3-14-29(15-4-1)43-48-44(30-16-5-2-6-17-30)50-45(49-43)31-18-13-19-32(28-31)51-38-24-11-9-22-36(38)41-40(51)27-26-34-33-20-7-8-21-35(33)46-47-37-23-10-12-25-39(37)52(46)42(34)41/h1-28H. The van der Waals surface area contributed by atoms with Gasteiger partial charge in [0.05, 0.1) is 27.6 Å². The molecule has 4 heterocycles. The van der Waals surface area contributed by atoms with Crippen LogP contribution in [0.2, 0.25) is 0 Å². The quantitative estimate of drug-likeness (QED) is 0.176. The van der Waals surface area contributed by atoms with E-state index in [1.165, 1.54) is 21.5 Å². The van der Waals surface area contributed by atoms with Crippen molar-refractivity contribution < 1.29 is 0 Å². The Morgan fingerprint density at radius 3 is 1.67 bits per heavy atom. The van der Waals surface area contributed by atoms with Crippen LogP contribution in [0.4, 0.5) is 0 Å². The highest BCUT2D eigenvalue weighted by atomic mass is 15.0. The number of fused-ring (bicyclic) bond motifs is 12. The van der Waals surface area contributed by atoms with Crippen molar-refractivity contribution >= 4 is 60.2 Å². The Balaban J connectivity index is 1.20. The highest BCUT2D eigenvalue weighted by Crippen LogP contribution is 2.41. The third kappa shape index (κ3) is 4.25. The summed E-state index contributed by atoms with van der Waals surface area (Å²) in [6.07, 6.45) is 0. The van der Waals surface area contributed by atoms with Crippen LogP contribution in [0.5, 0.6) is 0 Å². The molecule has 242 valence electrons. The second kappa shape index (κ2) is 11.2. The van der Waals surface area contributed by atoms with Crippen LogP contribution in [0.3, 0.4) is 0 Å². The molecule has 0 radical (unpaired) electrons. The van der Waals surface area contributed by atoms with Gasteiger partial charge >= 0.3 is 0 Å². The molecule has 0 aliphatic carbocycles. The number of aromatic nitrogens is 6. The largest absolute Gasteiger partial charge is 0.309 e. The predicted octanol–water partition coefficient (Wildman–Crippen LogP) is 11.1. The van der Waals surface area contributed by atoms with Crippen molar-refractivity contribution in [2.75, 3.05) is 0 Å². The van der Waals surface area contributed by atoms with E-state index in [4.69, 9.17) is 19.9 Å². The highest BCUT2D eigenvalue weighted by molar-refractivity contribution is 6.26. The maximum atomic E-state index is 5.19. The van der Waals surface area contributed by atoms with Crippen molar-refractivity contribution in [2.24, 2.45) is 0 Å². The Bertz CT molecular complexity index is 3120. The van der Waals surface area contributed by atoms with Gasteiger partial charge in [0.1, 0.15) is 5.65 Å². The Morgan fingerprint density at radius 1 is 0.365 bits per heavy atom. The average Bonchev–Trinajstić information content (AvgIpc) is 3.78. The van der Waals surface area contributed by atoms with Crippen LogP contribution in [-0.2, 0) is 0 Å². The molecule has 0 N–H and O–H groups in total. The van der Waals surface area contributed by atoms with Crippen LogP contribution in [0.15, 0.2) is 170 Å². The molecule has 0 unspecified atom stereocenters. The van der Waals surface area contributed by atoms with Crippen LogP contribution >= 0.6 is 0 Å². The Labute approximate surface area is 297 Å². The molecule has 0 amide bonds. The molecule has 0 saturated heterocycles. The lowest BCUT2D eigenvalue weighted by atomic mass is 10.0. The topological polar surface area (TPSA) is 60.9 Å². The number of rotatable bonds is 4. The fourth-order valence-electron chi connectivity index (χ4n) is 7.84. The smallest absolute Gasteiger partial charge is 0.164 e. The summed E-state index contributed by atoms with van der Waals surface area (Å²) in [5.41, 5.74) is 10.3. The third-order valence-electron chi connectivity index (χ3n) is 10.1. The zero-order chi connectivity index (χ0) is 34.2. The molecule has 0 saturated carbocycles. The number of para-hydroxylation sites is 3. The van der Waals surface area contributed by atoms with Gasteiger partial charge < -0.3 is 4.57 Å². The van der Waals surface area contributed by atoms with Gasteiger partial charge in [-0.15, -0.1) is 0 Å². The van der Waals surface area contributed by atoms with Gasteiger partial charge in [0, 0.05) is 43.9 Å². The molecule has 0 aliphatic heterocycles. The number of hydrogen-bond donors (Lipinski definition) is 0. The molecule has 11 aromatic rings. The minimum absolute atomic E-state index is 0.624. The number of hydrogen-bond acceptors (Lipinski definition) is 4. The SMILES string of the molecule is c1ccc(-c2nc(-c3ccccc3)nc(-c3cccc(-n4c5ccccc5c5c4ccc4c6ccccc6c6nc7ccccc7n6c45)c3)n2)cc1. The molecule has 0 spiro atoms. The predicted molar refractivity (Wildman–Crippen MR) is 212 cm³/mol. The van der Waals surface area contributed by atoms with Crippen LogP contribution in [-0.4, -0.2) is 28.9 Å². The zero-order valence-electron chi connectivity index (χ0n) is 27.8. The van der Waals surface area contributed by atoms with Crippen molar-refractivity contribution in [3.8, 4) is 39.9 Å². The molecular formula is C46H28N6. The van der Waals surface area contributed by atoms with Crippen LogP contribution < -0.4 is 0 Å². The Kier molecular flexibility index (Phi) is 6.15. The first kappa shape index (κ1) is 28.6. The van der Waals surface area contributed by atoms with Gasteiger partial charge in [-0.3, -0.25) is 4.40 Å². The van der Waals surface area contributed by atoms with Crippen molar-refractivity contribution in [3.63, 3.8) is 0 Å². The van der Waals surface area contributed by atoms with Crippen LogP contribution in [0, 0.1) is 0 Å². The van der Waals surface area contributed by atoms with Crippen LogP contribution in [0.1, 0.15) is 0 Å². The van der Waals surface area contributed by atoms with Gasteiger partial charge in [0.2, 0.25) is 0 Å². The molecule has 0 fully saturated rings. The van der Waals surface area contributed by atoms with Gasteiger partial charge in [-0.05, 0) is 41.8 Å². The fraction of sp³-hybridized carbons (Fsp3) is 0. The summed E-state index contributed by atoms with van der Waals surface area (Å²) in [7, 11) is 0. The summed E-state index contributed by atoms with van der Waals surface area (Å²) in [6.45, 7) is 0. The first-order valence-electron chi connectivity index (χ1n) is 17.4. The molecule has 11 rings (SSSR count).